The second-order valence-corrected chi connectivity index (χ2v) is 6.73. The number of rotatable bonds is 8. The summed E-state index contributed by atoms with van der Waals surface area (Å²) in [4.78, 5) is 27.5. The third-order valence-electron chi connectivity index (χ3n) is 4.76. The number of benzene rings is 3. The molecular formula is C24H24N2O4. The number of primary amides is 1. The van der Waals surface area contributed by atoms with E-state index in [-0.39, 0.29) is 12.5 Å². The fourth-order valence-electron chi connectivity index (χ4n) is 3.30. The summed E-state index contributed by atoms with van der Waals surface area (Å²) in [6, 6.07) is 22.3. The molecule has 0 saturated carbocycles. The van der Waals surface area contributed by atoms with E-state index < -0.39 is 11.9 Å². The Morgan fingerprint density at radius 3 is 2.13 bits per heavy atom. The molecule has 3 rings (SSSR count). The molecule has 0 aliphatic heterocycles. The first-order valence-electron chi connectivity index (χ1n) is 9.45. The van der Waals surface area contributed by atoms with Crippen molar-refractivity contribution in [3.05, 3.63) is 95.6 Å². The van der Waals surface area contributed by atoms with E-state index in [4.69, 9.17) is 15.2 Å². The fraction of sp³-hybridized carbons (Fsp3) is 0.167. The quantitative estimate of drug-likeness (QED) is 0.622. The molecule has 0 saturated heterocycles. The maximum Gasteiger partial charge on any atom is 0.255 e. The molecule has 6 nitrogen and oxygen atoms in total. The number of hydrogen-bond acceptors (Lipinski definition) is 4. The van der Waals surface area contributed by atoms with Crippen LogP contribution in [0.1, 0.15) is 27.5 Å². The molecule has 6 heteroatoms. The molecule has 154 valence electrons. The van der Waals surface area contributed by atoms with Gasteiger partial charge in [0.15, 0.2) is 0 Å². The number of carbonyl (C=O) groups is 2. The lowest BCUT2D eigenvalue weighted by Gasteiger charge is -2.30. The smallest absolute Gasteiger partial charge is 0.255 e. The van der Waals surface area contributed by atoms with Crippen molar-refractivity contribution >= 4 is 11.8 Å². The Morgan fingerprint density at radius 1 is 0.867 bits per heavy atom. The van der Waals surface area contributed by atoms with Crippen LogP contribution in [0.15, 0.2) is 78.9 Å². The van der Waals surface area contributed by atoms with E-state index in [9.17, 15) is 9.59 Å². The molecule has 0 spiro atoms. The van der Waals surface area contributed by atoms with E-state index in [1.165, 1.54) is 12.0 Å². The van der Waals surface area contributed by atoms with Crippen LogP contribution in [0.25, 0.3) is 0 Å². The van der Waals surface area contributed by atoms with Crippen LogP contribution in [0.4, 0.5) is 0 Å². The second-order valence-electron chi connectivity index (χ2n) is 6.73. The molecule has 2 N–H and O–H groups in total. The summed E-state index contributed by atoms with van der Waals surface area (Å²) in [5.74, 6) is 0.277. The molecule has 0 aliphatic carbocycles. The molecule has 0 fully saturated rings. The lowest BCUT2D eigenvalue weighted by atomic mass is 10.0. The highest BCUT2D eigenvalue weighted by molar-refractivity contribution is 5.98. The molecule has 0 unspecified atom stereocenters. The normalized spacial score (nSPS) is 11.4. The zero-order valence-corrected chi connectivity index (χ0v) is 16.9. The van der Waals surface area contributed by atoms with Crippen molar-refractivity contribution in [1.82, 2.24) is 4.90 Å². The van der Waals surface area contributed by atoms with Gasteiger partial charge < -0.3 is 20.1 Å². The minimum atomic E-state index is -0.934. The molecule has 0 aliphatic rings. The van der Waals surface area contributed by atoms with Crippen LogP contribution in [0, 0.1) is 0 Å². The minimum Gasteiger partial charge on any atom is -0.497 e. The summed E-state index contributed by atoms with van der Waals surface area (Å²) >= 11 is 0. The lowest BCUT2D eigenvalue weighted by Crippen LogP contribution is -2.41. The number of ether oxygens (including phenoxy) is 2. The van der Waals surface area contributed by atoms with Crippen molar-refractivity contribution in [2.24, 2.45) is 5.73 Å². The van der Waals surface area contributed by atoms with E-state index in [2.05, 4.69) is 0 Å². The maximum atomic E-state index is 13.5. The van der Waals surface area contributed by atoms with Crippen molar-refractivity contribution in [1.29, 1.82) is 0 Å². The summed E-state index contributed by atoms with van der Waals surface area (Å²) in [6.45, 7) is 0.176. The number of methoxy groups -OCH3 is 2. The fourth-order valence-corrected chi connectivity index (χ4v) is 3.30. The van der Waals surface area contributed by atoms with Crippen LogP contribution in [0.3, 0.4) is 0 Å². The van der Waals surface area contributed by atoms with Crippen LogP contribution in [0.5, 0.6) is 11.5 Å². The summed E-state index contributed by atoms with van der Waals surface area (Å²) < 4.78 is 10.5. The first kappa shape index (κ1) is 20.9. The van der Waals surface area contributed by atoms with Crippen LogP contribution in [-0.4, -0.2) is 30.9 Å². The molecule has 3 aromatic rings. The molecule has 30 heavy (non-hydrogen) atoms. The predicted molar refractivity (Wildman–Crippen MR) is 114 cm³/mol. The van der Waals surface area contributed by atoms with Crippen molar-refractivity contribution in [2.45, 2.75) is 12.6 Å². The molecule has 2 amide bonds. The Morgan fingerprint density at radius 2 is 1.50 bits per heavy atom. The zero-order valence-electron chi connectivity index (χ0n) is 16.9. The van der Waals surface area contributed by atoms with Gasteiger partial charge in [0.05, 0.1) is 14.2 Å². The maximum absolute atomic E-state index is 13.5. The highest BCUT2D eigenvalue weighted by Crippen LogP contribution is 2.27. The molecule has 0 aromatic heterocycles. The van der Waals surface area contributed by atoms with Gasteiger partial charge in [-0.05, 0) is 41.5 Å². The Hall–Kier alpha value is -3.80. The monoisotopic (exact) mass is 404 g/mol. The zero-order chi connectivity index (χ0) is 21.5. The first-order chi connectivity index (χ1) is 14.5. The number of hydrogen-bond donors (Lipinski definition) is 1. The average molecular weight is 404 g/mol. The first-order valence-corrected chi connectivity index (χ1v) is 9.45. The molecular weight excluding hydrogens is 380 g/mol. The number of amides is 2. The summed E-state index contributed by atoms with van der Waals surface area (Å²) in [6.07, 6.45) is 0. The highest BCUT2D eigenvalue weighted by atomic mass is 16.5. The standard InChI is InChI=1S/C24H24N2O4/c1-29-20-12-6-8-17(14-20)16-26(22(23(25)27)18-9-4-3-5-10-18)24(28)19-11-7-13-21(15-19)30-2/h3-15,22H,16H2,1-2H3,(H2,25,27)/t22-/m1/s1. The highest BCUT2D eigenvalue weighted by Gasteiger charge is 2.31. The Bertz CT molecular complexity index is 1020. The van der Waals surface area contributed by atoms with Crippen molar-refractivity contribution < 1.29 is 19.1 Å². The summed E-state index contributed by atoms with van der Waals surface area (Å²) in [5.41, 5.74) is 7.63. The van der Waals surface area contributed by atoms with Gasteiger partial charge in [0.1, 0.15) is 17.5 Å². The Balaban J connectivity index is 2.06. The van der Waals surface area contributed by atoms with Gasteiger partial charge in [-0.25, -0.2) is 0 Å². The Labute approximate surface area is 175 Å². The lowest BCUT2D eigenvalue weighted by molar-refractivity contribution is -0.122. The predicted octanol–water partition coefficient (Wildman–Crippen LogP) is 3.57. The number of nitrogens with zero attached hydrogens (tertiary/aromatic N) is 1. The SMILES string of the molecule is COc1cccc(CN(C(=O)c2cccc(OC)c2)[C@@H](C(N)=O)c2ccccc2)c1. The van der Waals surface area contributed by atoms with Gasteiger partial charge in [0, 0.05) is 12.1 Å². The van der Waals surface area contributed by atoms with Gasteiger partial charge in [0.2, 0.25) is 5.91 Å². The number of nitrogens with two attached hydrogens (primary N) is 1. The van der Waals surface area contributed by atoms with Crippen molar-refractivity contribution in [2.75, 3.05) is 14.2 Å². The number of carbonyl (C=O) groups excluding carboxylic acids is 2. The van der Waals surface area contributed by atoms with Crippen LogP contribution in [-0.2, 0) is 11.3 Å². The van der Waals surface area contributed by atoms with Gasteiger partial charge >= 0.3 is 0 Å². The van der Waals surface area contributed by atoms with E-state index in [0.717, 1.165) is 5.56 Å². The molecule has 3 aromatic carbocycles. The van der Waals surface area contributed by atoms with Crippen LogP contribution in [0.2, 0.25) is 0 Å². The second kappa shape index (κ2) is 9.60. The van der Waals surface area contributed by atoms with E-state index in [0.29, 0.717) is 22.6 Å². The van der Waals surface area contributed by atoms with E-state index in [1.807, 2.05) is 42.5 Å². The third kappa shape index (κ3) is 4.78. The van der Waals surface area contributed by atoms with Gasteiger partial charge in [-0.15, -0.1) is 0 Å². The third-order valence-corrected chi connectivity index (χ3v) is 4.76. The van der Waals surface area contributed by atoms with Crippen LogP contribution < -0.4 is 15.2 Å². The molecule has 0 bridgehead atoms. The van der Waals surface area contributed by atoms with Gasteiger partial charge in [-0.3, -0.25) is 9.59 Å². The van der Waals surface area contributed by atoms with Gasteiger partial charge in [-0.2, -0.15) is 0 Å². The van der Waals surface area contributed by atoms with E-state index >= 15 is 0 Å². The molecule has 1 atom stereocenters. The van der Waals surface area contributed by atoms with Crippen molar-refractivity contribution in [3.63, 3.8) is 0 Å². The Kier molecular flexibility index (Phi) is 6.70. The molecule has 0 radical (unpaired) electrons. The largest absolute Gasteiger partial charge is 0.497 e. The van der Waals surface area contributed by atoms with Gasteiger partial charge in [0.25, 0.3) is 5.91 Å². The van der Waals surface area contributed by atoms with E-state index in [1.54, 1.807) is 43.5 Å². The summed E-state index contributed by atoms with van der Waals surface area (Å²) in [5, 5.41) is 0. The van der Waals surface area contributed by atoms with Crippen molar-refractivity contribution in [3.8, 4) is 11.5 Å². The van der Waals surface area contributed by atoms with Crippen LogP contribution >= 0.6 is 0 Å². The summed E-state index contributed by atoms with van der Waals surface area (Å²) in [7, 11) is 3.11. The topological polar surface area (TPSA) is 81.9 Å². The van der Waals surface area contributed by atoms with Gasteiger partial charge in [-0.1, -0.05) is 48.5 Å². The minimum absolute atomic E-state index is 0.176. The average Bonchev–Trinajstić information content (AvgIpc) is 2.78. The molecule has 0 heterocycles.